The van der Waals surface area contributed by atoms with Crippen LogP contribution in [0.15, 0.2) is 18.2 Å². The number of nitrogens with one attached hydrogen (secondary N) is 1. The van der Waals surface area contributed by atoms with Crippen molar-refractivity contribution in [2.75, 3.05) is 20.2 Å². The lowest BCUT2D eigenvalue weighted by molar-refractivity contribution is 0.0597. The molecule has 0 bridgehead atoms. The van der Waals surface area contributed by atoms with Crippen LogP contribution in [0.25, 0.3) is 0 Å². The summed E-state index contributed by atoms with van der Waals surface area (Å²) in [5.74, 6) is -0.106. The first-order valence-electron chi connectivity index (χ1n) is 5.84. The number of hydrogen-bond acceptors (Lipinski definition) is 4. The maximum Gasteiger partial charge on any atom is 0.341 e. The molecule has 1 aromatic carbocycles. The topological polar surface area (TPSA) is 58.6 Å². The summed E-state index contributed by atoms with van der Waals surface area (Å²) in [6, 6.07) is 5.18. The summed E-state index contributed by atoms with van der Waals surface area (Å²) >= 11 is 0. The van der Waals surface area contributed by atoms with Crippen LogP contribution in [-0.4, -0.2) is 31.3 Å². The number of phenolic OH excluding ortho intramolecular Hbond substituents is 1. The first-order valence-corrected chi connectivity index (χ1v) is 5.84. The fourth-order valence-corrected chi connectivity index (χ4v) is 2.22. The Kier molecular flexibility index (Phi) is 3.64. The van der Waals surface area contributed by atoms with Crippen molar-refractivity contribution in [3.8, 4) is 5.75 Å². The van der Waals surface area contributed by atoms with Gasteiger partial charge in [0.25, 0.3) is 0 Å². The third-order valence-corrected chi connectivity index (χ3v) is 3.19. The highest BCUT2D eigenvalue weighted by Crippen LogP contribution is 2.27. The smallest absolute Gasteiger partial charge is 0.341 e. The lowest BCUT2D eigenvalue weighted by Crippen LogP contribution is -2.28. The third kappa shape index (κ3) is 2.58. The minimum absolute atomic E-state index is 0.0237. The van der Waals surface area contributed by atoms with Gasteiger partial charge >= 0.3 is 5.97 Å². The molecule has 0 radical (unpaired) electrons. The number of piperidine rings is 1. The fourth-order valence-electron chi connectivity index (χ4n) is 2.22. The van der Waals surface area contributed by atoms with E-state index >= 15 is 0 Å². The molecule has 4 nitrogen and oxygen atoms in total. The third-order valence-electron chi connectivity index (χ3n) is 3.19. The van der Waals surface area contributed by atoms with Crippen LogP contribution < -0.4 is 5.32 Å². The minimum atomic E-state index is -0.492. The number of rotatable bonds is 2. The predicted octanol–water partition coefficient (Wildman–Crippen LogP) is 1.65. The molecular weight excluding hydrogens is 218 g/mol. The molecule has 2 rings (SSSR count). The maximum atomic E-state index is 11.5. The average molecular weight is 235 g/mol. The van der Waals surface area contributed by atoms with Crippen LogP contribution in [0.4, 0.5) is 0 Å². The molecule has 0 aliphatic carbocycles. The molecule has 2 N–H and O–H groups in total. The van der Waals surface area contributed by atoms with Gasteiger partial charge in [0, 0.05) is 6.54 Å². The van der Waals surface area contributed by atoms with Gasteiger partial charge in [-0.2, -0.15) is 0 Å². The number of aromatic hydroxyl groups is 1. The van der Waals surface area contributed by atoms with Gasteiger partial charge in [0.05, 0.1) is 7.11 Å². The molecular formula is C13H17NO3. The van der Waals surface area contributed by atoms with Crippen LogP contribution in [0.3, 0.4) is 0 Å². The summed E-state index contributed by atoms with van der Waals surface area (Å²) in [6.45, 7) is 1.98. The van der Waals surface area contributed by atoms with Crippen molar-refractivity contribution in [1.82, 2.24) is 5.32 Å². The van der Waals surface area contributed by atoms with E-state index in [1.807, 2.05) is 6.07 Å². The van der Waals surface area contributed by atoms with Crippen molar-refractivity contribution < 1.29 is 14.6 Å². The quantitative estimate of drug-likeness (QED) is 0.765. The zero-order chi connectivity index (χ0) is 12.3. The van der Waals surface area contributed by atoms with Crippen LogP contribution in [0.2, 0.25) is 0 Å². The second-order valence-corrected chi connectivity index (χ2v) is 4.31. The summed E-state index contributed by atoms with van der Waals surface area (Å²) in [5.41, 5.74) is 1.32. The fraction of sp³-hybridized carbons (Fsp3) is 0.462. The van der Waals surface area contributed by atoms with E-state index in [1.165, 1.54) is 7.11 Å². The number of phenols is 1. The molecule has 1 aromatic rings. The first-order chi connectivity index (χ1) is 8.22. The molecule has 1 aliphatic rings. The number of esters is 1. The summed E-state index contributed by atoms with van der Waals surface area (Å²) in [6.07, 6.45) is 2.25. The largest absolute Gasteiger partial charge is 0.507 e. The minimum Gasteiger partial charge on any atom is -0.507 e. The maximum absolute atomic E-state index is 11.5. The van der Waals surface area contributed by atoms with E-state index in [0.717, 1.165) is 31.5 Å². The molecule has 17 heavy (non-hydrogen) atoms. The molecule has 1 atom stereocenters. The Balaban J connectivity index is 2.26. The van der Waals surface area contributed by atoms with Gasteiger partial charge in [-0.1, -0.05) is 6.07 Å². The molecule has 92 valence electrons. The molecule has 0 amide bonds. The molecule has 0 saturated carbocycles. The Labute approximate surface area is 101 Å². The molecule has 1 saturated heterocycles. The molecule has 1 aliphatic heterocycles. The Hall–Kier alpha value is -1.55. The van der Waals surface area contributed by atoms with Crippen molar-refractivity contribution in [3.63, 3.8) is 0 Å². The predicted molar refractivity (Wildman–Crippen MR) is 64.3 cm³/mol. The van der Waals surface area contributed by atoms with E-state index in [9.17, 15) is 9.90 Å². The highest BCUT2D eigenvalue weighted by Gasteiger charge is 2.18. The van der Waals surface area contributed by atoms with Crippen molar-refractivity contribution >= 4 is 5.97 Å². The molecule has 0 spiro atoms. The number of benzene rings is 1. The molecule has 1 heterocycles. The lowest BCUT2D eigenvalue weighted by Gasteiger charge is -2.23. The van der Waals surface area contributed by atoms with Crippen LogP contribution in [0.5, 0.6) is 5.75 Å². The van der Waals surface area contributed by atoms with Gasteiger partial charge in [-0.15, -0.1) is 0 Å². The average Bonchev–Trinajstić information content (AvgIpc) is 2.39. The van der Waals surface area contributed by atoms with Crippen LogP contribution in [0.1, 0.15) is 34.7 Å². The van der Waals surface area contributed by atoms with E-state index in [-0.39, 0.29) is 11.3 Å². The summed E-state index contributed by atoms with van der Waals surface area (Å²) in [4.78, 5) is 11.5. The Morgan fingerprint density at radius 2 is 2.35 bits per heavy atom. The molecule has 0 aromatic heterocycles. The van der Waals surface area contributed by atoms with Crippen molar-refractivity contribution in [1.29, 1.82) is 0 Å². The van der Waals surface area contributed by atoms with Gasteiger partial charge in [0.2, 0.25) is 0 Å². The number of carbonyl (C=O) groups is 1. The Bertz CT molecular complexity index is 411. The number of ether oxygens (including phenoxy) is 1. The second kappa shape index (κ2) is 5.19. The SMILES string of the molecule is COC(=O)c1cc(C2CCCNC2)ccc1O. The van der Waals surface area contributed by atoms with E-state index in [1.54, 1.807) is 12.1 Å². The zero-order valence-electron chi connectivity index (χ0n) is 9.90. The molecule has 1 fully saturated rings. The van der Waals surface area contributed by atoms with E-state index in [2.05, 4.69) is 10.1 Å². The Morgan fingerprint density at radius 3 is 3.00 bits per heavy atom. The van der Waals surface area contributed by atoms with Crippen molar-refractivity contribution in [2.45, 2.75) is 18.8 Å². The number of hydrogen-bond donors (Lipinski definition) is 2. The first kappa shape index (κ1) is 11.9. The summed E-state index contributed by atoms with van der Waals surface area (Å²) in [7, 11) is 1.32. The highest BCUT2D eigenvalue weighted by atomic mass is 16.5. The zero-order valence-corrected chi connectivity index (χ0v) is 9.90. The van der Waals surface area contributed by atoms with E-state index in [4.69, 9.17) is 0 Å². The summed E-state index contributed by atoms with van der Waals surface area (Å²) in [5, 5.41) is 13.0. The van der Waals surface area contributed by atoms with Crippen LogP contribution in [0, 0.1) is 0 Å². The molecule has 4 heteroatoms. The van der Waals surface area contributed by atoms with Gasteiger partial charge in [0.1, 0.15) is 11.3 Å². The van der Waals surface area contributed by atoms with Crippen molar-refractivity contribution in [3.05, 3.63) is 29.3 Å². The monoisotopic (exact) mass is 235 g/mol. The summed E-state index contributed by atoms with van der Waals surface area (Å²) < 4.78 is 4.64. The van der Waals surface area contributed by atoms with Gasteiger partial charge in [0.15, 0.2) is 0 Å². The van der Waals surface area contributed by atoms with Crippen LogP contribution in [-0.2, 0) is 4.74 Å². The van der Waals surface area contributed by atoms with Gasteiger partial charge in [-0.25, -0.2) is 4.79 Å². The van der Waals surface area contributed by atoms with Gasteiger partial charge in [-0.3, -0.25) is 0 Å². The lowest BCUT2D eigenvalue weighted by atomic mass is 9.90. The van der Waals surface area contributed by atoms with Gasteiger partial charge in [-0.05, 0) is 43.0 Å². The second-order valence-electron chi connectivity index (χ2n) is 4.31. The normalized spacial score (nSPS) is 19.9. The standard InChI is InChI=1S/C13H17NO3/c1-17-13(16)11-7-9(4-5-12(11)15)10-3-2-6-14-8-10/h4-5,7,10,14-15H,2-3,6,8H2,1H3. The molecule has 1 unspecified atom stereocenters. The number of carbonyl (C=O) groups excluding carboxylic acids is 1. The van der Waals surface area contributed by atoms with Gasteiger partial charge < -0.3 is 15.2 Å². The number of methoxy groups -OCH3 is 1. The van der Waals surface area contributed by atoms with Crippen molar-refractivity contribution in [2.24, 2.45) is 0 Å². The Morgan fingerprint density at radius 1 is 1.53 bits per heavy atom. The van der Waals surface area contributed by atoms with E-state index in [0.29, 0.717) is 5.92 Å². The highest BCUT2D eigenvalue weighted by molar-refractivity contribution is 5.92. The van der Waals surface area contributed by atoms with E-state index < -0.39 is 5.97 Å². The van der Waals surface area contributed by atoms with Crippen LogP contribution >= 0.6 is 0 Å².